The molecule has 0 spiro atoms. The highest BCUT2D eigenvalue weighted by Gasteiger charge is 2.41. The summed E-state index contributed by atoms with van der Waals surface area (Å²) in [5.74, 6) is 0.600. The minimum atomic E-state index is -0.373. The fourth-order valence-corrected chi connectivity index (χ4v) is 4.07. The van der Waals surface area contributed by atoms with Gasteiger partial charge in [-0.1, -0.05) is 80.6 Å². The number of hydrogen-bond donors (Lipinski definition) is 1. The van der Waals surface area contributed by atoms with Gasteiger partial charge in [0.1, 0.15) is 5.75 Å². The first-order chi connectivity index (χ1) is 15.0. The lowest BCUT2D eigenvalue weighted by molar-refractivity contribution is -0.130. The van der Waals surface area contributed by atoms with Crippen molar-refractivity contribution in [1.82, 2.24) is 4.90 Å². The van der Waals surface area contributed by atoms with E-state index in [-0.39, 0.29) is 17.7 Å². The Kier molecular flexibility index (Phi) is 5.81. The monoisotopic (exact) mass is 413 g/mol. The Balaban J connectivity index is 1.79. The summed E-state index contributed by atoms with van der Waals surface area (Å²) in [4.78, 5) is 14.9. The van der Waals surface area contributed by atoms with E-state index in [2.05, 4.69) is 38.1 Å². The molecule has 3 aromatic carbocycles. The average Bonchev–Trinajstić information content (AvgIpc) is 3.05. The van der Waals surface area contributed by atoms with Crippen LogP contribution in [0.15, 0.2) is 84.6 Å². The normalized spacial score (nSPS) is 16.3. The highest BCUT2D eigenvalue weighted by Crippen LogP contribution is 2.44. The summed E-state index contributed by atoms with van der Waals surface area (Å²) >= 11 is 0. The van der Waals surface area contributed by atoms with Crippen molar-refractivity contribution in [3.05, 3.63) is 107 Å². The van der Waals surface area contributed by atoms with Crippen LogP contribution in [-0.4, -0.2) is 23.0 Å². The molecule has 0 aliphatic carbocycles. The van der Waals surface area contributed by atoms with E-state index in [1.54, 1.807) is 12.0 Å². The van der Waals surface area contributed by atoms with Gasteiger partial charge in [0.2, 0.25) is 0 Å². The molecule has 0 radical (unpaired) electrons. The summed E-state index contributed by atoms with van der Waals surface area (Å²) in [6.07, 6.45) is 0. The number of amides is 1. The van der Waals surface area contributed by atoms with E-state index in [1.807, 2.05) is 54.6 Å². The minimum absolute atomic E-state index is 0.195. The van der Waals surface area contributed by atoms with Crippen LogP contribution in [-0.2, 0) is 11.3 Å². The Labute approximate surface area is 183 Å². The smallest absolute Gasteiger partial charge is 0.290 e. The van der Waals surface area contributed by atoms with Crippen LogP contribution in [0.4, 0.5) is 0 Å². The molecule has 4 rings (SSSR count). The van der Waals surface area contributed by atoms with E-state index < -0.39 is 0 Å². The second-order valence-corrected chi connectivity index (χ2v) is 8.13. The summed E-state index contributed by atoms with van der Waals surface area (Å²) in [5.41, 5.74) is 4.66. The number of aliphatic hydroxyl groups excluding tert-OH is 1. The van der Waals surface area contributed by atoms with Gasteiger partial charge in [-0.2, -0.15) is 0 Å². The Morgan fingerprint density at radius 3 is 2.16 bits per heavy atom. The van der Waals surface area contributed by atoms with Gasteiger partial charge < -0.3 is 14.7 Å². The highest BCUT2D eigenvalue weighted by molar-refractivity contribution is 6.05. The molecule has 4 nitrogen and oxygen atoms in total. The Hall–Kier alpha value is -3.53. The van der Waals surface area contributed by atoms with Crippen LogP contribution >= 0.6 is 0 Å². The number of benzene rings is 3. The van der Waals surface area contributed by atoms with E-state index in [0.717, 1.165) is 22.4 Å². The standard InChI is InChI=1S/C27H27NO3/c1-18(2)20-9-11-22(12-10-20)25-24(21-13-15-23(31-3)16-14-21)26(29)27(30)28(25)17-19-7-5-4-6-8-19/h4-16,18,25,29H,17H2,1-3H3/t25-/m1/s1. The molecule has 1 aliphatic rings. The highest BCUT2D eigenvalue weighted by atomic mass is 16.5. The van der Waals surface area contributed by atoms with Crippen LogP contribution in [0.1, 0.15) is 48.1 Å². The van der Waals surface area contributed by atoms with Gasteiger partial charge in [0.15, 0.2) is 5.76 Å². The van der Waals surface area contributed by atoms with Crippen LogP contribution in [0.2, 0.25) is 0 Å². The summed E-state index contributed by atoms with van der Waals surface area (Å²) in [5, 5.41) is 10.9. The molecule has 1 N–H and O–H groups in total. The van der Waals surface area contributed by atoms with Crippen molar-refractivity contribution in [2.45, 2.75) is 32.4 Å². The first kappa shape index (κ1) is 20.7. The second kappa shape index (κ2) is 8.68. The SMILES string of the molecule is COc1ccc(C2=C(O)C(=O)N(Cc3ccccc3)[C@@H]2c2ccc(C(C)C)cc2)cc1. The maximum absolute atomic E-state index is 13.2. The van der Waals surface area contributed by atoms with Crippen LogP contribution in [0, 0.1) is 0 Å². The molecular formula is C27H27NO3. The van der Waals surface area contributed by atoms with E-state index >= 15 is 0 Å². The van der Waals surface area contributed by atoms with E-state index in [0.29, 0.717) is 18.0 Å². The zero-order chi connectivity index (χ0) is 22.0. The average molecular weight is 414 g/mol. The number of carbonyl (C=O) groups excluding carboxylic acids is 1. The summed E-state index contributed by atoms with van der Waals surface area (Å²) in [6, 6.07) is 25.3. The van der Waals surface area contributed by atoms with Crippen LogP contribution < -0.4 is 4.74 Å². The summed E-state index contributed by atoms with van der Waals surface area (Å²) < 4.78 is 5.27. The van der Waals surface area contributed by atoms with Crippen LogP contribution in [0.5, 0.6) is 5.75 Å². The molecule has 0 saturated carbocycles. The van der Waals surface area contributed by atoms with E-state index in [1.165, 1.54) is 5.56 Å². The summed E-state index contributed by atoms with van der Waals surface area (Å²) in [7, 11) is 1.62. The van der Waals surface area contributed by atoms with Gasteiger partial charge in [-0.05, 0) is 40.3 Å². The van der Waals surface area contributed by atoms with Crippen LogP contribution in [0.25, 0.3) is 5.57 Å². The van der Waals surface area contributed by atoms with Gasteiger partial charge in [0, 0.05) is 12.1 Å². The molecule has 0 fully saturated rings. The van der Waals surface area contributed by atoms with Crippen LogP contribution in [0.3, 0.4) is 0 Å². The van der Waals surface area contributed by atoms with Gasteiger partial charge in [0.05, 0.1) is 13.2 Å². The van der Waals surface area contributed by atoms with Crippen molar-refractivity contribution < 1.29 is 14.6 Å². The van der Waals surface area contributed by atoms with Crippen molar-refractivity contribution in [3.8, 4) is 5.75 Å². The Morgan fingerprint density at radius 2 is 1.58 bits per heavy atom. The molecular weight excluding hydrogens is 386 g/mol. The summed E-state index contributed by atoms with van der Waals surface area (Å²) in [6.45, 7) is 4.73. The maximum Gasteiger partial charge on any atom is 0.290 e. The van der Waals surface area contributed by atoms with Gasteiger partial charge in [-0.25, -0.2) is 0 Å². The van der Waals surface area contributed by atoms with Crippen molar-refractivity contribution in [2.24, 2.45) is 0 Å². The third-order valence-corrected chi connectivity index (χ3v) is 5.82. The second-order valence-electron chi connectivity index (χ2n) is 8.13. The molecule has 0 unspecified atom stereocenters. The minimum Gasteiger partial charge on any atom is -0.503 e. The number of carbonyl (C=O) groups is 1. The van der Waals surface area contributed by atoms with Crippen molar-refractivity contribution in [2.75, 3.05) is 7.11 Å². The first-order valence-corrected chi connectivity index (χ1v) is 10.5. The predicted molar refractivity (Wildman–Crippen MR) is 123 cm³/mol. The Morgan fingerprint density at radius 1 is 0.935 bits per heavy atom. The molecule has 1 amide bonds. The zero-order valence-corrected chi connectivity index (χ0v) is 18.1. The number of hydrogen-bond acceptors (Lipinski definition) is 3. The van der Waals surface area contributed by atoms with Gasteiger partial charge in [-0.3, -0.25) is 4.79 Å². The fraction of sp³-hybridized carbons (Fsp3) is 0.222. The van der Waals surface area contributed by atoms with Gasteiger partial charge in [-0.15, -0.1) is 0 Å². The molecule has 0 bridgehead atoms. The molecule has 31 heavy (non-hydrogen) atoms. The van der Waals surface area contributed by atoms with Crippen molar-refractivity contribution in [1.29, 1.82) is 0 Å². The molecule has 158 valence electrons. The van der Waals surface area contributed by atoms with Gasteiger partial charge >= 0.3 is 0 Å². The van der Waals surface area contributed by atoms with Gasteiger partial charge in [0.25, 0.3) is 5.91 Å². The van der Waals surface area contributed by atoms with Crippen molar-refractivity contribution in [3.63, 3.8) is 0 Å². The topological polar surface area (TPSA) is 49.8 Å². The van der Waals surface area contributed by atoms with E-state index in [4.69, 9.17) is 4.74 Å². The third kappa shape index (κ3) is 4.06. The molecule has 0 aromatic heterocycles. The number of ether oxygens (including phenoxy) is 1. The Bertz CT molecular complexity index is 1080. The zero-order valence-electron chi connectivity index (χ0n) is 18.1. The fourth-order valence-electron chi connectivity index (χ4n) is 4.07. The number of methoxy groups -OCH3 is 1. The molecule has 1 aliphatic heterocycles. The third-order valence-electron chi connectivity index (χ3n) is 5.82. The maximum atomic E-state index is 13.2. The largest absolute Gasteiger partial charge is 0.503 e. The molecule has 1 heterocycles. The van der Waals surface area contributed by atoms with E-state index in [9.17, 15) is 9.90 Å². The lowest BCUT2D eigenvalue weighted by Crippen LogP contribution is -2.29. The predicted octanol–water partition coefficient (Wildman–Crippen LogP) is 5.87. The lowest BCUT2D eigenvalue weighted by Gasteiger charge is -2.28. The quantitative estimate of drug-likeness (QED) is 0.550. The number of aliphatic hydroxyl groups is 1. The molecule has 3 aromatic rings. The molecule has 4 heteroatoms. The molecule has 0 saturated heterocycles. The number of nitrogens with zero attached hydrogens (tertiary/aromatic N) is 1. The first-order valence-electron chi connectivity index (χ1n) is 10.5. The lowest BCUT2D eigenvalue weighted by atomic mass is 9.91. The molecule has 1 atom stereocenters. The number of rotatable bonds is 6. The van der Waals surface area contributed by atoms with Crippen molar-refractivity contribution >= 4 is 11.5 Å².